The number of hydrogen-bond donors (Lipinski definition) is 2. The SMILES string of the molecule is O=C(Nc1ccccc1OC(F)(F)F)c1ccc(NS(=O)(=O)c2ccccc2)cc1. The average Bonchev–Trinajstić information content (AvgIpc) is 2.69. The van der Waals surface area contributed by atoms with E-state index in [2.05, 4.69) is 14.8 Å². The Morgan fingerprint density at radius 1 is 0.833 bits per heavy atom. The molecule has 0 atom stereocenters. The average molecular weight is 436 g/mol. The van der Waals surface area contributed by atoms with Crippen molar-refractivity contribution in [3.8, 4) is 5.75 Å². The molecule has 2 N–H and O–H groups in total. The highest BCUT2D eigenvalue weighted by molar-refractivity contribution is 7.92. The number of carbonyl (C=O) groups is 1. The van der Waals surface area contributed by atoms with E-state index in [9.17, 15) is 26.4 Å². The van der Waals surface area contributed by atoms with Gasteiger partial charge in [-0.25, -0.2) is 8.42 Å². The van der Waals surface area contributed by atoms with Gasteiger partial charge in [-0.15, -0.1) is 13.2 Å². The van der Waals surface area contributed by atoms with Gasteiger partial charge in [-0.3, -0.25) is 9.52 Å². The van der Waals surface area contributed by atoms with E-state index in [1.54, 1.807) is 18.2 Å². The summed E-state index contributed by atoms with van der Waals surface area (Å²) in [5.41, 5.74) is 0.171. The van der Waals surface area contributed by atoms with E-state index in [0.717, 1.165) is 6.07 Å². The molecule has 0 aliphatic heterocycles. The van der Waals surface area contributed by atoms with Gasteiger partial charge in [0.25, 0.3) is 15.9 Å². The number of nitrogens with one attached hydrogen (secondary N) is 2. The minimum absolute atomic E-state index is 0.0769. The molecule has 0 radical (unpaired) electrons. The summed E-state index contributed by atoms with van der Waals surface area (Å²) in [7, 11) is -3.79. The fraction of sp³-hybridized carbons (Fsp3) is 0.0500. The van der Waals surface area contributed by atoms with E-state index in [1.807, 2.05) is 0 Å². The third kappa shape index (κ3) is 5.51. The second-order valence-corrected chi connectivity index (χ2v) is 7.68. The van der Waals surface area contributed by atoms with Crippen molar-refractivity contribution < 1.29 is 31.1 Å². The number of halogens is 3. The van der Waals surface area contributed by atoms with Crippen molar-refractivity contribution in [2.24, 2.45) is 0 Å². The zero-order valence-electron chi connectivity index (χ0n) is 15.2. The second kappa shape index (κ2) is 8.46. The van der Waals surface area contributed by atoms with Crippen molar-refractivity contribution in [1.29, 1.82) is 0 Å². The lowest BCUT2D eigenvalue weighted by Gasteiger charge is -2.14. The van der Waals surface area contributed by atoms with Gasteiger partial charge in [-0.2, -0.15) is 0 Å². The van der Waals surface area contributed by atoms with Gasteiger partial charge in [0.15, 0.2) is 5.75 Å². The maximum absolute atomic E-state index is 12.5. The van der Waals surface area contributed by atoms with E-state index >= 15 is 0 Å². The quantitative estimate of drug-likeness (QED) is 0.590. The van der Waals surface area contributed by atoms with E-state index in [1.165, 1.54) is 54.6 Å². The molecule has 3 aromatic carbocycles. The lowest BCUT2D eigenvalue weighted by atomic mass is 10.2. The number of anilines is 2. The predicted octanol–water partition coefficient (Wildman–Crippen LogP) is 4.64. The summed E-state index contributed by atoms with van der Waals surface area (Å²) in [6.45, 7) is 0. The van der Waals surface area contributed by atoms with Crippen LogP contribution in [0.5, 0.6) is 5.75 Å². The van der Waals surface area contributed by atoms with Crippen LogP contribution >= 0.6 is 0 Å². The smallest absolute Gasteiger partial charge is 0.404 e. The first kappa shape index (κ1) is 21.2. The Balaban J connectivity index is 1.72. The highest BCUT2D eigenvalue weighted by Gasteiger charge is 2.32. The molecule has 0 aliphatic carbocycles. The molecule has 0 spiro atoms. The number of sulfonamides is 1. The number of carbonyl (C=O) groups excluding carboxylic acids is 1. The van der Waals surface area contributed by atoms with Crippen LogP contribution in [0.4, 0.5) is 24.5 Å². The summed E-state index contributed by atoms with van der Waals surface area (Å²) in [4.78, 5) is 12.4. The van der Waals surface area contributed by atoms with Crippen molar-refractivity contribution in [3.63, 3.8) is 0 Å². The molecule has 156 valence electrons. The maximum Gasteiger partial charge on any atom is 0.573 e. The lowest BCUT2D eigenvalue weighted by molar-refractivity contribution is -0.274. The standard InChI is InChI=1S/C20H15F3N2O4S/c21-20(22,23)29-18-9-5-4-8-17(18)24-19(26)14-10-12-15(13-11-14)25-30(27,28)16-6-2-1-3-7-16/h1-13,25H,(H,24,26). The predicted molar refractivity (Wildman–Crippen MR) is 105 cm³/mol. The van der Waals surface area contributed by atoms with Crippen molar-refractivity contribution in [1.82, 2.24) is 0 Å². The first-order valence-electron chi connectivity index (χ1n) is 8.48. The monoisotopic (exact) mass is 436 g/mol. The molecule has 0 bridgehead atoms. The number of amides is 1. The molecule has 0 fully saturated rings. The molecule has 0 aromatic heterocycles. The Hall–Kier alpha value is -3.53. The van der Waals surface area contributed by atoms with Crippen LogP contribution in [0.15, 0.2) is 83.8 Å². The number of hydrogen-bond acceptors (Lipinski definition) is 4. The van der Waals surface area contributed by atoms with Gasteiger partial charge >= 0.3 is 6.36 Å². The molecule has 0 saturated carbocycles. The Morgan fingerprint density at radius 3 is 2.07 bits per heavy atom. The molecular weight excluding hydrogens is 421 g/mol. The zero-order valence-corrected chi connectivity index (χ0v) is 16.0. The van der Waals surface area contributed by atoms with Crippen molar-refractivity contribution in [2.45, 2.75) is 11.3 Å². The molecule has 0 aliphatic rings. The molecule has 0 saturated heterocycles. The van der Waals surface area contributed by atoms with Gasteiger partial charge < -0.3 is 10.1 Å². The van der Waals surface area contributed by atoms with Gasteiger partial charge in [0.05, 0.1) is 10.6 Å². The summed E-state index contributed by atoms with van der Waals surface area (Å²) in [5, 5.41) is 2.34. The minimum atomic E-state index is -4.90. The van der Waals surface area contributed by atoms with Gasteiger partial charge in [0.2, 0.25) is 0 Å². The molecular formula is C20H15F3N2O4S. The van der Waals surface area contributed by atoms with Gasteiger partial charge in [0.1, 0.15) is 0 Å². The third-order valence-corrected chi connectivity index (χ3v) is 5.21. The van der Waals surface area contributed by atoms with Crippen LogP contribution in [0.2, 0.25) is 0 Å². The van der Waals surface area contributed by atoms with Gasteiger partial charge in [-0.1, -0.05) is 30.3 Å². The van der Waals surface area contributed by atoms with Crippen molar-refractivity contribution in [3.05, 3.63) is 84.4 Å². The normalized spacial score (nSPS) is 11.6. The van der Waals surface area contributed by atoms with Crippen LogP contribution in [-0.4, -0.2) is 20.7 Å². The summed E-state index contributed by atoms with van der Waals surface area (Å²) < 4.78 is 68.4. The zero-order chi connectivity index (χ0) is 21.8. The number of rotatable bonds is 6. The van der Waals surface area contributed by atoms with Crippen LogP contribution in [0.25, 0.3) is 0 Å². The van der Waals surface area contributed by atoms with Crippen LogP contribution in [-0.2, 0) is 10.0 Å². The molecule has 0 heterocycles. The Bertz CT molecular complexity index is 1130. The Morgan fingerprint density at radius 2 is 1.43 bits per heavy atom. The summed E-state index contributed by atoms with van der Waals surface area (Å²) in [6.07, 6.45) is -4.90. The number of alkyl halides is 3. The van der Waals surface area contributed by atoms with E-state index in [-0.39, 0.29) is 21.8 Å². The third-order valence-electron chi connectivity index (χ3n) is 3.81. The fourth-order valence-electron chi connectivity index (χ4n) is 2.48. The van der Waals surface area contributed by atoms with Crippen LogP contribution in [0, 0.1) is 0 Å². The topological polar surface area (TPSA) is 84.5 Å². The fourth-order valence-corrected chi connectivity index (χ4v) is 3.56. The highest BCUT2D eigenvalue weighted by atomic mass is 32.2. The van der Waals surface area contributed by atoms with Crippen LogP contribution in [0.3, 0.4) is 0 Å². The number of para-hydroxylation sites is 2. The molecule has 10 heteroatoms. The van der Waals surface area contributed by atoms with E-state index in [4.69, 9.17) is 0 Å². The first-order chi connectivity index (χ1) is 14.1. The summed E-state index contributed by atoms with van der Waals surface area (Å²) >= 11 is 0. The largest absolute Gasteiger partial charge is 0.573 e. The summed E-state index contributed by atoms with van der Waals surface area (Å²) in [6, 6.07) is 18.3. The number of benzene rings is 3. The lowest BCUT2D eigenvalue weighted by Crippen LogP contribution is -2.19. The molecule has 0 unspecified atom stereocenters. The number of ether oxygens (including phenoxy) is 1. The van der Waals surface area contributed by atoms with E-state index < -0.39 is 28.0 Å². The van der Waals surface area contributed by atoms with E-state index in [0.29, 0.717) is 0 Å². The molecule has 3 aromatic rings. The first-order valence-corrected chi connectivity index (χ1v) is 9.96. The van der Waals surface area contributed by atoms with Crippen molar-refractivity contribution >= 4 is 27.3 Å². The van der Waals surface area contributed by atoms with Gasteiger partial charge in [-0.05, 0) is 48.5 Å². The molecule has 3 rings (SSSR count). The molecule has 30 heavy (non-hydrogen) atoms. The Labute approximate surface area is 170 Å². The van der Waals surface area contributed by atoms with Crippen LogP contribution in [0.1, 0.15) is 10.4 Å². The molecule has 6 nitrogen and oxygen atoms in total. The van der Waals surface area contributed by atoms with Crippen molar-refractivity contribution in [2.75, 3.05) is 10.0 Å². The minimum Gasteiger partial charge on any atom is -0.404 e. The van der Waals surface area contributed by atoms with Gasteiger partial charge in [0, 0.05) is 11.3 Å². The summed E-state index contributed by atoms with van der Waals surface area (Å²) in [5.74, 6) is -1.24. The maximum atomic E-state index is 12.5. The van der Waals surface area contributed by atoms with Crippen LogP contribution < -0.4 is 14.8 Å². The second-order valence-electron chi connectivity index (χ2n) is 5.99. The molecule has 1 amide bonds. The highest BCUT2D eigenvalue weighted by Crippen LogP contribution is 2.30. The Kier molecular flexibility index (Phi) is 5.97.